The molecule has 1 heterocycles. The SMILES string of the molecule is CN(c1ccc(N2CCN(C(=O)OC(C)(C)C)CC2)cc1)C(C)(C)C. The van der Waals surface area contributed by atoms with Crippen LogP contribution in [0.25, 0.3) is 0 Å². The first-order valence-corrected chi connectivity index (χ1v) is 9.04. The van der Waals surface area contributed by atoms with Crippen molar-refractivity contribution in [2.45, 2.75) is 52.7 Å². The van der Waals surface area contributed by atoms with Gasteiger partial charge in [-0.25, -0.2) is 4.79 Å². The molecular weight excluding hydrogens is 314 g/mol. The molecule has 140 valence electrons. The van der Waals surface area contributed by atoms with E-state index in [4.69, 9.17) is 4.74 Å². The van der Waals surface area contributed by atoms with Crippen LogP contribution < -0.4 is 9.80 Å². The van der Waals surface area contributed by atoms with Gasteiger partial charge in [-0.2, -0.15) is 0 Å². The highest BCUT2D eigenvalue weighted by atomic mass is 16.6. The monoisotopic (exact) mass is 347 g/mol. The molecular formula is C20H33N3O2. The van der Waals surface area contributed by atoms with Crippen LogP contribution >= 0.6 is 0 Å². The summed E-state index contributed by atoms with van der Waals surface area (Å²) in [5, 5.41) is 0. The normalized spacial score (nSPS) is 16.0. The van der Waals surface area contributed by atoms with E-state index in [-0.39, 0.29) is 11.6 Å². The van der Waals surface area contributed by atoms with Crippen LogP contribution in [-0.4, -0.2) is 55.4 Å². The fraction of sp³-hybridized carbons (Fsp3) is 0.650. The van der Waals surface area contributed by atoms with Crippen LogP contribution in [0.1, 0.15) is 41.5 Å². The average Bonchev–Trinajstić information content (AvgIpc) is 2.52. The summed E-state index contributed by atoms with van der Waals surface area (Å²) >= 11 is 0. The second-order valence-electron chi connectivity index (χ2n) is 8.70. The van der Waals surface area contributed by atoms with E-state index in [0.717, 1.165) is 13.1 Å². The number of anilines is 2. The van der Waals surface area contributed by atoms with E-state index in [0.29, 0.717) is 13.1 Å². The summed E-state index contributed by atoms with van der Waals surface area (Å²) in [6.07, 6.45) is -0.214. The van der Waals surface area contributed by atoms with E-state index < -0.39 is 5.60 Å². The van der Waals surface area contributed by atoms with Gasteiger partial charge >= 0.3 is 6.09 Å². The molecule has 2 rings (SSSR count). The maximum absolute atomic E-state index is 12.2. The smallest absolute Gasteiger partial charge is 0.410 e. The van der Waals surface area contributed by atoms with Crippen LogP contribution in [0.4, 0.5) is 16.2 Å². The molecule has 0 bridgehead atoms. The predicted molar refractivity (Wildman–Crippen MR) is 105 cm³/mol. The van der Waals surface area contributed by atoms with Gasteiger partial charge in [0.1, 0.15) is 5.60 Å². The Bertz CT molecular complexity index is 576. The van der Waals surface area contributed by atoms with Crippen molar-refractivity contribution >= 4 is 17.5 Å². The summed E-state index contributed by atoms with van der Waals surface area (Å²) in [6, 6.07) is 8.67. The number of hydrogen-bond acceptors (Lipinski definition) is 4. The minimum absolute atomic E-state index is 0.0978. The fourth-order valence-electron chi connectivity index (χ4n) is 2.75. The number of benzene rings is 1. The molecule has 1 aromatic rings. The van der Waals surface area contributed by atoms with Gasteiger partial charge in [-0.1, -0.05) is 0 Å². The van der Waals surface area contributed by atoms with E-state index >= 15 is 0 Å². The molecule has 1 aliphatic heterocycles. The molecule has 1 fully saturated rings. The third kappa shape index (κ3) is 5.28. The minimum atomic E-state index is -0.441. The Kier molecular flexibility index (Phi) is 5.55. The Morgan fingerprint density at radius 3 is 1.92 bits per heavy atom. The zero-order valence-corrected chi connectivity index (χ0v) is 16.8. The van der Waals surface area contributed by atoms with Crippen molar-refractivity contribution in [3.05, 3.63) is 24.3 Å². The molecule has 0 aliphatic carbocycles. The van der Waals surface area contributed by atoms with Crippen LogP contribution in [0.15, 0.2) is 24.3 Å². The van der Waals surface area contributed by atoms with Crippen molar-refractivity contribution in [2.24, 2.45) is 0 Å². The van der Waals surface area contributed by atoms with Gasteiger partial charge in [-0.05, 0) is 65.8 Å². The molecule has 0 aromatic heterocycles. The molecule has 1 amide bonds. The van der Waals surface area contributed by atoms with Gasteiger partial charge in [-0.3, -0.25) is 0 Å². The second-order valence-corrected chi connectivity index (χ2v) is 8.70. The third-order valence-corrected chi connectivity index (χ3v) is 4.54. The van der Waals surface area contributed by atoms with Gasteiger partial charge in [0.2, 0.25) is 0 Å². The molecule has 0 radical (unpaired) electrons. The summed E-state index contributed by atoms with van der Waals surface area (Å²) in [5.74, 6) is 0. The molecule has 5 heteroatoms. The van der Waals surface area contributed by atoms with E-state index in [2.05, 4.69) is 61.9 Å². The van der Waals surface area contributed by atoms with Crippen LogP contribution in [0, 0.1) is 0 Å². The summed E-state index contributed by atoms with van der Waals surface area (Å²) in [5.41, 5.74) is 2.07. The van der Waals surface area contributed by atoms with Crippen molar-refractivity contribution in [3.8, 4) is 0 Å². The molecule has 0 spiro atoms. The topological polar surface area (TPSA) is 36.0 Å². The molecule has 1 aliphatic rings. The Labute approximate surface area is 152 Å². The van der Waals surface area contributed by atoms with E-state index in [1.165, 1.54) is 11.4 Å². The van der Waals surface area contributed by atoms with E-state index in [9.17, 15) is 4.79 Å². The lowest BCUT2D eigenvalue weighted by molar-refractivity contribution is 0.0240. The first-order chi connectivity index (χ1) is 11.5. The van der Waals surface area contributed by atoms with Gasteiger partial charge in [0, 0.05) is 50.1 Å². The van der Waals surface area contributed by atoms with Gasteiger partial charge in [0.05, 0.1) is 0 Å². The zero-order valence-electron chi connectivity index (χ0n) is 16.8. The number of carbonyl (C=O) groups excluding carboxylic acids is 1. The van der Waals surface area contributed by atoms with Crippen LogP contribution in [0.5, 0.6) is 0 Å². The fourth-order valence-corrected chi connectivity index (χ4v) is 2.75. The third-order valence-electron chi connectivity index (χ3n) is 4.54. The van der Waals surface area contributed by atoms with Crippen LogP contribution in [0.3, 0.4) is 0 Å². The average molecular weight is 348 g/mol. The first-order valence-electron chi connectivity index (χ1n) is 9.04. The first kappa shape index (κ1) is 19.4. The van der Waals surface area contributed by atoms with E-state index in [1.54, 1.807) is 4.90 Å². The molecule has 1 saturated heterocycles. The van der Waals surface area contributed by atoms with Crippen LogP contribution in [-0.2, 0) is 4.74 Å². The predicted octanol–water partition coefficient (Wildman–Crippen LogP) is 3.98. The number of carbonyl (C=O) groups is 1. The number of hydrogen-bond donors (Lipinski definition) is 0. The number of ether oxygens (including phenoxy) is 1. The molecule has 0 N–H and O–H groups in total. The van der Waals surface area contributed by atoms with Crippen molar-refractivity contribution < 1.29 is 9.53 Å². The lowest BCUT2D eigenvalue weighted by Gasteiger charge is -2.37. The quantitative estimate of drug-likeness (QED) is 0.811. The van der Waals surface area contributed by atoms with Gasteiger partial charge in [-0.15, -0.1) is 0 Å². The van der Waals surface area contributed by atoms with Gasteiger partial charge in [0.15, 0.2) is 0 Å². The molecule has 0 atom stereocenters. The highest BCUT2D eigenvalue weighted by Gasteiger charge is 2.26. The molecule has 1 aromatic carbocycles. The number of piperazine rings is 1. The largest absolute Gasteiger partial charge is 0.444 e. The number of amides is 1. The van der Waals surface area contributed by atoms with Crippen molar-refractivity contribution in [1.29, 1.82) is 0 Å². The van der Waals surface area contributed by atoms with Gasteiger partial charge < -0.3 is 19.4 Å². The number of nitrogens with zero attached hydrogens (tertiary/aromatic N) is 3. The van der Waals surface area contributed by atoms with Gasteiger partial charge in [0.25, 0.3) is 0 Å². The Morgan fingerprint density at radius 2 is 1.48 bits per heavy atom. The minimum Gasteiger partial charge on any atom is -0.444 e. The van der Waals surface area contributed by atoms with Crippen LogP contribution in [0.2, 0.25) is 0 Å². The lowest BCUT2D eigenvalue weighted by atomic mass is 10.1. The molecule has 25 heavy (non-hydrogen) atoms. The standard InChI is InChI=1S/C20H33N3O2/c1-19(2,3)21(7)16-8-10-17(11-9-16)22-12-14-23(15-13-22)18(24)25-20(4,5)6/h8-11H,12-15H2,1-7H3. The Balaban J connectivity index is 1.94. The van der Waals surface area contributed by atoms with Crippen molar-refractivity contribution in [1.82, 2.24) is 4.90 Å². The highest BCUT2D eigenvalue weighted by molar-refractivity contribution is 5.68. The highest BCUT2D eigenvalue weighted by Crippen LogP contribution is 2.25. The molecule has 5 nitrogen and oxygen atoms in total. The van der Waals surface area contributed by atoms with Crippen molar-refractivity contribution in [2.75, 3.05) is 43.0 Å². The van der Waals surface area contributed by atoms with Crippen molar-refractivity contribution in [3.63, 3.8) is 0 Å². The second kappa shape index (κ2) is 7.14. The maximum atomic E-state index is 12.2. The Morgan fingerprint density at radius 1 is 0.960 bits per heavy atom. The summed E-state index contributed by atoms with van der Waals surface area (Å²) in [7, 11) is 2.12. The summed E-state index contributed by atoms with van der Waals surface area (Å²) in [6.45, 7) is 15.4. The Hall–Kier alpha value is -1.91. The zero-order chi connectivity index (χ0) is 18.8. The van der Waals surface area contributed by atoms with E-state index in [1.807, 2.05) is 20.8 Å². The summed E-state index contributed by atoms with van der Waals surface area (Å²) in [4.78, 5) is 18.5. The molecule has 0 saturated carbocycles. The number of rotatable bonds is 2. The maximum Gasteiger partial charge on any atom is 0.410 e. The molecule has 0 unspecified atom stereocenters. The lowest BCUT2D eigenvalue weighted by Crippen LogP contribution is -2.50. The summed E-state index contributed by atoms with van der Waals surface area (Å²) < 4.78 is 5.46.